The molecule has 9 nitrogen and oxygen atoms in total. The van der Waals surface area contributed by atoms with Crippen molar-refractivity contribution in [3.8, 4) is 11.3 Å². The fraction of sp³-hybridized carbons (Fsp3) is 0.429. The highest BCUT2D eigenvalue weighted by Crippen LogP contribution is 2.21. The minimum absolute atomic E-state index is 0.184. The molecule has 1 saturated heterocycles. The summed E-state index contributed by atoms with van der Waals surface area (Å²) in [5, 5.41) is 6.62. The lowest BCUT2D eigenvalue weighted by Crippen LogP contribution is -2.48. The molecule has 1 aliphatic rings. The Morgan fingerprint density at radius 2 is 1.92 bits per heavy atom. The molecule has 196 valence electrons. The molecule has 2 N–H and O–H groups in total. The fourth-order valence-corrected chi connectivity index (χ4v) is 4.31. The lowest BCUT2D eigenvalue weighted by molar-refractivity contribution is -0.131. The molecule has 1 fully saturated rings. The highest BCUT2D eigenvalue weighted by molar-refractivity contribution is 5.78. The van der Waals surface area contributed by atoms with Crippen LogP contribution in [-0.4, -0.2) is 90.6 Å². The van der Waals surface area contributed by atoms with Crippen molar-refractivity contribution in [2.24, 2.45) is 0 Å². The van der Waals surface area contributed by atoms with Crippen LogP contribution in [0.3, 0.4) is 0 Å². The van der Waals surface area contributed by atoms with Gasteiger partial charge in [-0.05, 0) is 48.7 Å². The van der Waals surface area contributed by atoms with E-state index in [-0.39, 0.29) is 5.91 Å². The molecule has 37 heavy (non-hydrogen) atoms. The van der Waals surface area contributed by atoms with Crippen molar-refractivity contribution in [2.75, 3.05) is 70.1 Å². The number of likely N-dealkylation sites (N-methyl/N-ethyl adjacent to an activating group) is 1. The molecule has 0 atom stereocenters. The van der Waals surface area contributed by atoms with Crippen molar-refractivity contribution in [1.82, 2.24) is 30.1 Å². The van der Waals surface area contributed by atoms with Gasteiger partial charge < -0.3 is 20.4 Å². The van der Waals surface area contributed by atoms with E-state index in [0.29, 0.717) is 12.5 Å². The summed E-state index contributed by atoms with van der Waals surface area (Å²) < 4.78 is 0. The smallest absolute Gasteiger partial charge is 0.236 e. The Morgan fingerprint density at radius 3 is 2.68 bits per heavy atom. The molecule has 1 aliphatic heterocycles. The summed E-state index contributed by atoms with van der Waals surface area (Å²) in [6.45, 7) is 7.96. The molecule has 1 amide bonds. The van der Waals surface area contributed by atoms with Gasteiger partial charge in [-0.3, -0.25) is 9.69 Å². The van der Waals surface area contributed by atoms with Gasteiger partial charge in [-0.15, -0.1) is 0 Å². The number of nitrogens with zero attached hydrogens (tertiary/aromatic N) is 6. The molecule has 3 heterocycles. The monoisotopic (exact) mass is 502 g/mol. The van der Waals surface area contributed by atoms with Crippen LogP contribution in [0.15, 0.2) is 54.9 Å². The van der Waals surface area contributed by atoms with Crippen molar-refractivity contribution >= 4 is 23.4 Å². The number of pyridine rings is 1. The van der Waals surface area contributed by atoms with Gasteiger partial charge in [0.1, 0.15) is 5.82 Å². The standard InChI is InChI=1S/C28H38N8O/c1-4-22-7-5-8-24(19-22)32-28-30-12-11-25(33-28)23-9-10-26(31-20-23)34(2)15-6-16-35(3)27(37)21-36-17-13-29-14-18-36/h5,7-12,19-20,29H,4,6,13-18,21H2,1-3H3,(H,30,32,33). The number of anilines is 3. The number of benzene rings is 1. The van der Waals surface area contributed by atoms with Crippen LogP contribution < -0.4 is 15.5 Å². The number of nitrogens with one attached hydrogen (secondary N) is 2. The number of carbonyl (C=O) groups excluding carboxylic acids is 1. The quantitative estimate of drug-likeness (QED) is 0.414. The number of hydrogen-bond acceptors (Lipinski definition) is 8. The van der Waals surface area contributed by atoms with Crippen molar-refractivity contribution in [3.63, 3.8) is 0 Å². The Hall–Kier alpha value is -3.56. The normalized spacial score (nSPS) is 13.8. The number of hydrogen-bond donors (Lipinski definition) is 2. The zero-order valence-electron chi connectivity index (χ0n) is 22.2. The number of amides is 1. The number of carbonyl (C=O) groups is 1. The first-order valence-corrected chi connectivity index (χ1v) is 13.1. The Morgan fingerprint density at radius 1 is 1.08 bits per heavy atom. The summed E-state index contributed by atoms with van der Waals surface area (Å²) >= 11 is 0. The maximum absolute atomic E-state index is 12.5. The van der Waals surface area contributed by atoms with Gasteiger partial charge in [0.25, 0.3) is 0 Å². The van der Waals surface area contributed by atoms with E-state index in [2.05, 4.69) is 54.4 Å². The van der Waals surface area contributed by atoms with Crippen molar-refractivity contribution in [3.05, 3.63) is 60.4 Å². The number of piperazine rings is 1. The van der Waals surface area contributed by atoms with E-state index in [0.717, 1.165) is 74.9 Å². The van der Waals surface area contributed by atoms with E-state index in [1.807, 2.05) is 55.5 Å². The molecule has 2 aromatic heterocycles. The number of rotatable bonds is 11. The molecule has 1 aromatic carbocycles. The first kappa shape index (κ1) is 26.5. The van der Waals surface area contributed by atoms with Gasteiger partial charge in [0, 0.05) is 77.0 Å². The lowest BCUT2D eigenvalue weighted by Gasteiger charge is -2.28. The molecule has 0 aliphatic carbocycles. The first-order valence-electron chi connectivity index (χ1n) is 13.1. The molecule has 9 heteroatoms. The zero-order chi connectivity index (χ0) is 26.0. The lowest BCUT2D eigenvalue weighted by atomic mass is 10.1. The van der Waals surface area contributed by atoms with Crippen LogP contribution in [-0.2, 0) is 11.2 Å². The van der Waals surface area contributed by atoms with E-state index in [9.17, 15) is 4.79 Å². The summed E-state index contributed by atoms with van der Waals surface area (Å²) in [4.78, 5) is 32.4. The van der Waals surface area contributed by atoms with Gasteiger partial charge in [0.05, 0.1) is 12.2 Å². The minimum atomic E-state index is 0.184. The predicted octanol–water partition coefficient (Wildman–Crippen LogP) is 3.03. The third-order valence-corrected chi connectivity index (χ3v) is 6.66. The SMILES string of the molecule is CCc1cccc(Nc2nccc(-c3ccc(N(C)CCCN(C)C(=O)CN4CCNCC4)nc3)n2)c1. The third-order valence-electron chi connectivity index (χ3n) is 6.66. The van der Waals surface area contributed by atoms with E-state index < -0.39 is 0 Å². The molecule has 0 radical (unpaired) electrons. The average Bonchev–Trinajstić information content (AvgIpc) is 2.93. The van der Waals surface area contributed by atoms with Crippen LogP contribution in [0.25, 0.3) is 11.3 Å². The Balaban J connectivity index is 1.27. The zero-order valence-corrected chi connectivity index (χ0v) is 22.2. The Labute approximate surface area is 219 Å². The molecule has 0 saturated carbocycles. The van der Waals surface area contributed by atoms with Gasteiger partial charge in [-0.1, -0.05) is 19.1 Å². The molecule has 0 bridgehead atoms. The second-order valence-electron chi connectivity index (χ2n) is 9.47. The van der Waals surface area contributed by atoms with Crippen LogP contribution in [0.2, 0.25) is 0 Å². The highest BCUT2D eigenvalue weighted by Gasteiger charge is 2.16. The Kier molecular flexibility index (Phi) is 9.40. The van der Waals surface area contributed by atoms with Gasteiger partial charge >= 0.3 is 0 Å². The van der Waals surface area contributed by atoms with Crippen molar-refractivity contribution < 1.29 is 4.79 Å². The predicted molar refractivity (Wildman–Crippen MR) is 149 cm³/mol. The molecular formula is C28H38N8O. The topological polar surface area (TPSA) is 89.5 Å². The number of aryl methyl sites for hydroxylation is 1. The van der Waals surface area contributed by atoms with Crippen LogP contribution in [0.1, 0.15) is 18.9 Å². The van der Waals surface area contributed by atoms with Gasteiger partial charge in [0.15, 0.2) is 0 Å². The summed E-state index contributed by atoms with van der Waals surface area (Å²) in [6.07, 6.45) is 5.46. The summed E-state index contributed by atoms with van der Waals surface area (Å²) in [5.41, 5.74) is 3.99. The summed E-state index contributed by atoms with van der Waals surface area (Å²) in [6, 6.07) is 14.2. The third kappa shape index (κ3) is 7.71. The Bertz CT molecular complexity index is 1150. The maximum Gasteiger partial charge on any atom is 0.236 e. The fourth-order valence-electron chi connectivity index (χ4n) is 4.31. The molecule has 0 unspecified atom stereocenters. The number of aromatic nitrogens is 3. The molecule has 3 aromatic rings. The van der Waals surface area contributed by atoms with Crippen LogP contribution in [0, 0.1) is 0 Å². The molecule has 0 spiro atoms. The van der Waals surface area contributed by atoms with Crippen LogP contribution >= 0.6 is 0 Å². The summed E-state index contributed by atoms with van der Waals surface area (Å²) in [7, 11) is 3.92. The van der Waals surface area contributed by atoms with Crippen molar-refractivity contribution in [2.45, 2.75) is 19.8 Å². The minimum Gasteiger partial charge on any atom is -0.360 e. The second-order valence-corrected chi connectivity index (χ2v) is 9.47. The highest BCUT2D eigenvalue weighted by atomic mass is 16.2. The molecular weight excluding hydrogens is 464 g/mol. The first-order chi connectivity index (χ1) is 18.0. The van der Waals surface area contributed by atoms with Gasteiger partial charge in [0.2, 0.25) is 11.9 Å². The largest absolute Gasteiger partial charge is 0.360 e. The van der Waals surface area contributed by atoms with E-state index in [1.54, 1.807) is 6.20 Å². The molecule has 4 rings (SSSR count). The van der Waals surface area contributed by atoms with Crippen LogP contribution in [0.4, 0.5) is 17.5 Å². The van der Waals surface area contributed by atoms with Crippen LogP contribution in [0.5, 0.6) is 0 Å². The average molecular weight is 503 g/mol. The van der Waals surface area contributed by atoms with Crippen molar-refractivity contribution in [1.29, 1.82) is 0 Å². The van der Waals surface area contributed by atoms with E-state index in [4.69, 9.17) is 0 Å². The second kappa shape index (κ2) is 13.1. The van der Waals surface area contributed by atoms with E-state index in [1.165, 1.54) is 5.56 Å². The van der Waals surface area contributed by atoms with Gasteiger partial charge in [-0.2, -0.15) is 0 Å². The maximum atomic E-state index is 12.5. The van der Waals surface area contributed by atoms with Gasteiger partial charge in [-0.25, -0.2) is 15.0 Å². The summed E-state index contributed by atoms with van der Waals surface area (Å²) in [5.74, 6) is 1.63. The van der Waals surface area contributed by atoms with E-state index >= 15 is 0 Å².